The summed E-state index contributed by atoms with van der Waals surface area (Å²) in [5, 5.41) is 5.06. The van der Waals surface area contributed by atoms with Crippen LogP contribution in [0.15, 0.2) is 53.4 Å². The fraction of sp³-hybridized carbons (Fsp3) is 0.250. The summed E-state index contributed by atoms with van der Waals surface area (Å²) in [7, 11) is -3.65. The second-order valence-corrected chi connectivity index (χ2v) is 6.79. The van der Waals surface area contributed by atoms with Crippen LogP contribution in [0.2, 0.25) is 0 Å². The molecule has 0 radical (unpaired) electrons. The third-order valence-electron chi connectivity index (χ3n) is 3.77. The molecule has 0 atom stereocenters. The molecule has 1 heterocycles. The average Bonchev–Trinajstić information content (AvgIpc) is 2.90. The Kier molecular flexibility index (Phi) is 4.04. The summed E-state index contributed by atoms with van der Waals surface area (Å²) in [6.07, 6.45) is 1.07. The molecule has 0 aliphatic carbocycles. The number of anilines is 1. The highest BCUT2D eigenvalue weighted by Gasteiger charge is 2.17. The van der Waals surface area contributed by atoms with Gasteiger partial charge in [0.25, 0.3) is 0 Å². The van der Waals surface area contributed by atoms with Crippen molar-refractivity contribution in [2.75, 3.05) is 24.6 Å². The lowest BCUT2D eigenvalue weighted by molar-refractivity contribution is 0.324. The first-order valence-corrected chi connectivity index (χ1v) is 8.67. The third-order valence-corrected chi connectivity index (χ3v) is 4.69. The number of rotatable bonds is 5. The van der Waals surface area contributed by atoms with Gasteiger partial charge >= 0.3 is 0 Å². The smallest absolute Gasteiger partial charge is 0.238 e. The maximum atomic E-state index is 11.2. The largest absolute Gasteiger partial charge is 0.492 e. The summed E-state index contributed by atoms with van der Waals surface area (Å²) in [6.45, 7) is 2.35. The number of nitrogens with two attached hydrogens (primary N) is 1. The van der Waals surface area contributed by atoms with Crippen molar-refractivity contribution in [1.29, 1.82) is 0 Å². The number of benzene rings is 2. The van der Waals surface area contributed by atoms with Gasteiger partial charge in [0.15, 0.2) is 0 Å². The van der Waals surface area contributed by atoms with Crippen molar-refractivity contribution in [3.63, 3.8) is 0 Å². The molecule has 1 aliphatic rings. The predicted molar refractivity (Wildman–Crippen MR) is 85.7 cm³/mol. The van der Waals surface area contributed by atoms with Gasteiger partial charge < -0.3 is 9.64 Å². The number of ether oxygens (including phenoxy) is 1. The summed E-state index contributed by atoms with van der Waals surface area (Å²) < 4.78 is 28.0. The monoisotopic (exact) mass is 318 g/mol. The molecule has 22 heavy (non-hydrogen) atoms. The molecule has 2 aromatic carbocycles. The Bertz CT molecular complexity index is 757. The maximum absolute atomic E-state index is 11.2. The second-order valence-electron chi connectivity index (χ2n) is 5.23. The number of para-hydroxylation sites is 1. The van der Waals surface area contributed by atoms with Crippen molar-refractivity contribution >= 4 is 15.7 Å². The van der Waals surface area contributed by atoms with Crippen LogP contribution in [-0.4, -0.2) is 28.1 Å². The maximum Gasteiger partial charge on any atom is 0.238 e. The minimum Gasteiger partial charge on any atom is -0.492 e. The first kappa shape index (κ1) is 14.9. The minimum atomic E-state index is -3.65. The summed E-state index contributed by atoms with van der Waals surface area (Å²) in [6, 6.07) is 14.5. The van der Waals surface area contributed by atoms with E-state index in [0.29, 0.717) is 12.4 Å². The first-order valence-electron chi connectivity index (χ1n) is 7.12. The van der Waals surface area contributed by atoms with E-state index in [0.717, 1.165) is 19.5 Å². The number of hydrogen-bond acceptors (Lipinski definition) is 4. The van der Waals surface area contributed by atoms with Gasteiger partial charge in [0.1, 0.15) is 12.4 Å². The lowest BCUT2D eigenvalue weighted by atomic mass is 10.2. The van der Waals surface area contributed by atoms with Gasteiger partial charge in [0, 0.05) is 12.2 Å². The number of fused-ring (bicyclic) bond motifs is 1. The summed E-state index contributed by atoms with van der Waals surface area (Å²) in [4.78, 5) is 2.39. The number of nitrogens with zero attached hydrogens (tertiary/aromatic N) is 1. The summed E-state index contributed by atoms with van der Waals surface area (Å²) in [5.41, 5.74) is 2.65. The van der Waals surface area contributed by atoms with E-state index in [4.69, 9.17) is 9.88 Å². The van der Waals surface area contributed by atoms with Crippen LogP contribution < -0.4 is 14.8 Å². The van der Waals surface area contributed by atoms with Crippen LogP contribution in [0.25, 0.3) is 0 Å². The lowest BCUT2D eigenvalue weighted by Crippen LogP contribution is -2.26. The normalized spacial score (nSPS) is 14.0. The Balaban J connectivity index is 1.56. The highest BCUT2D eigenvalue weighted by atomic mass is 32.2. The molecule has 0 bridgehead atoms. The zero-order valence-electron chi connectivity index (χ0n) is 12.1. The Morgan fingerprint density at radius 3 is 2.55 bits per heavy atom. The van der Waals surface area contributed by atoms with Crippen LogP contribution in [0, 0.1) is 0 Å². The van der Waals surface area contributed by atoms with Crippen molar-refractivity contribution in [3.8, 4) is 5.75 Å². The van der Waals surface area contributed by atoms with Crippen molar-refractivity contribution in [3.05, 3.63) is 54.1 Å². The molecule has 0 fully saturated rings. The van der Waals surface area contributed by atoms with Gasteiger partial charge in [-0.1, -0.05) is 18.2 Å². The number of hydrogen-bond donors (Lipinski definition) is 1. The molecule has 1 aliphatic heterocycles. The second kappa shape index (κ2) is 5.98. The molecular weight excluding hydrogens is 300 g/mol. The molecule has 2 N–H and O–H groups in total. The van der Waals surface area contributed by atoms with E-state index >= 15 is 0 Å². The number of sulfonamides is 1. The topological polar surface area (TPSA) is 72.6 Å². The molecule has 3 rings (SSSR count). The Hall–Kier alpha value is -2.05. The van der Waals surface area contributed by atoms with E-state index in [9.17, 15) is 8.42 Å². The molecule has 116 valence electrons. The lowest BCUT2D eigenvalue weighted by Gasteiger charge is -2.19. The molecule has 0 saturated carbocycles. The minimum absolute atomic E-state index is 0.0910. The van der Waals surface area contributed by atoms with E-state index in [1.165, 1.54) is 23.4 Å². The Morgan fingerprint density at radius 1 is 1.09 bits per heavy atom. The zero-order valence-corrected chi connectivity index (χ0v) is 12.9. The van der Waals surface area contributed by atoms with Gasteiger partial charge in [-0.15, -0.1) is 0 Å². The Morgan fingerprint density at radius 2 is 1.82 bits per heavy atom. The van der Waals surface area contributed by atoms with Crippen LogP contribution in [0.1, 0.15) is 5.56 Å². The third kappa shape index (κ3) is 3.23. The van der Waals surface area contributed by atoms with E-state index < -0.39 is 10.0 Å². The molecule has 6 heteroatoms. The van der Waals surface area contributed by atoms with Crippen LogP contribution in [0.5, 0.6) is 5.75 Å². The van der Waals surface area contributed by atoms with E-state index in [2.05, 4.69) is 23.1 Å². The van der Waals surface area contributed by atoms with Crippen molar-refractivity contribution in [2.45, 2.75) is 11.3 Å². The predicted octanol–water partition coefficient (Wildman–Crippen LogP) is 1.78. The van der Waals surface area contributed by atoms with Gasteiger partial charge in [-0.2, -0.15) is 0 Å². The van der Waals surface area contributed by atoms with Gasteiger partial charge in [-0.3, -0.25) is 0 Å². The molecule has 5 nitrogen and oxygen atoms in total. The first-order chi connectivity index (χ1) is 10.5. The van der Waals surface area contributed by atoms with Crippen LogP contribution in [-0.2, 0) is 16.4 Å². The fourth-order valence-electron chi connectivity index (χ4n) is 2.64. The molecule has 2 aromatic rings. The van der Waals surface area contributed by atoms with Crippen LogP contribution in [0.3, 0.4) is 0 Å². The van der Waals surface area contributed by atoms with Crippen LogP contribution in [0.4, 0.5) is 5.69 Å². The molecule has 0 spiro atoms. The average molecular weight is 318 g/mol. The van der Waals surface area contributed by atoms with Gasteiger partial charge in [-0.05, 0) is 42.3 Å². The molecule has 0 aromatic heterocycles. The van der Waals surface area contributed by atoms with Crippen molar-refractivity contribution < 1.29 is 13.2 Å². The van der Waals surface area contributed by atoms with Crippen molar-refractivity contribution in [1.82, 2.24) is 0 Å². The highest BCUT2D eigenvalue weighted by molar-refractivity contribution is 7.89. The quantitative estimate of drug-likeness (QED) is 0.912. The fourth-order valence-corrected chi connectivity index (χ4v) is 3.15. The highest BCUT2D eigenvalue weighted by Crippen LogP contribution is 2.26. The number of primary sulfonamides is 1. The summed E-state index contributed by atoms with van der Waals surface area (Å²) in [5.74, 6) is 0.639. The van der Waals surface area contributed by atoms with Gasteiger partial charge in [0.05, 0.1) is 11.4 Å². The molecule has 0 amide bonds. The molecule has 0 unspecified atom stereocenters. The van der Waals surface area contributed by atoms with Crippen LogP contribution >= 0.6 is 0 Å². The standard InChI is InChI=1S/C16H18N2O3S/c17-22(19,20)15-7-5-14(6-8-15)21-12-11-18-10-9-13-3-1-2-4-16(13)18/h1-8H,9-12H2,(H2,17,19,20). The Labute approximate surface area is 130 Å². The van der Waals surface area contributed by atoms with Crippen molar-refractivity contribution in [2.24, 2.45) is 5.14 Å². The zero-order chi connectivity index (χ0) is 15.6. The van der Waals surface area contributed by atoms with E-state index in [-0.39, 0.29) is 4.90 Å². The van der Waals surface area contributed by atoms with E-state index in [1.807, 2.05) is 6.07 Å². The van der Waals surface area contributed by atoms with E-state index in [1.54, 1.807) is 12.1 Å². The van der Waals surface area contributed by atoms with Gasteiger partial charge in [-0.25, -0.2) is 13.6 Å². The summed E-state index contributed by atoms with van der Waals surface area (Å²) >= 11 is 0. The molecule has 0 saturated heterocycles. The van der Waals surface area contributed by atoms with Gasteiger partial charge in [0.2, 0.25) is 10.0 Å². The SMILES string of the molecule is NS(=O)(=O)c1ccc(OCCN2CCc3ccccc32)cc1. The molecular formula is C16H18N2O3S.